The minimum Gasteiger partial charge on any atom is -0.396 e. The summed E-state index contributed by atoms with van der Waals surface area (Å²) in [6.45, 7) is 11.4. The SMILES string of the molecule is CC.CCCCN.CCCCO.CCCCOC.NC(=O)COCC(=O)NCC(=O)Nc1ccc(CO)cc1. The Kier molecular flexibility index (Phi) is 41.9. The van der Waals surface area contributed by atoms with Crippen molar-refractivity contribution in [1.29, 1.82) is 0 Å². The number of aliphatic hydroxyl groups excluding tert-OH is 2. The molecule has 11 nitrogen and oxygen atoms in total. The Hall–Kier alpha value is -2.57. The summed E-state index contributed by atoms with van der Waals surface area (Å²) < 4.78 is 9.47. The maximum atomic E-state index is 11.6. The predicted molar refractivity (Wildman–Crippen MR) is 158 cm³/mol. The van der Waals surface area contributed by atoms with Gasteiger partial charge in [-0.25, -0.2) is 0 Å². The molecule has 0 spiro atoms. The molecule has 0 saturated heterocycles. The number of benzene rings is 1. The van der Waals surface area contributed by atoms with Crippen LogP contribution in [0.3, 0.4) is 0 Å². The fourth-order valence-corrected chi connectivity index (χ4v) is 2.02. The van der Waals surface area contributed by atoms with E-state index in [0.717, 1.165) is 31.6 Å². The number of hydrogen-bond acceptors (Lipinski definition) is 8. The molecule has 8 N–H and O–H groups in total. The van der Waals surface area contributed by atoms with Crippen LogP contribution in [-0.2, 0) is 30.5 Å². The quantitative estimate of drug-likeness (QED) is 0.177. The van der Waals surface area contributed by atoms with Crippen LogP contribution >= 0.6 is 0 Å². The molecule has 0 fully saturated rings. The fraction of sp³-hybridized carbons (Fsp3) is 0.679. The van der Waals surface area contributed by atoms with Crippen LogP contribution in [0, 0.1) is 0 Å². The molecule has 0 unspecified atom stereocenters. The van der Waals surface area contributed by atoms with E-state index < -0.39 is 17.7 Å². The van der Waals surface area contributed by atoms with E-state index in [2.05, 4.69) is 31.4 Å². The van der Waals surface area contributed by atoms with Gasteiger partial charge in [0.05, 0.1) is 13.2 Å². The molecule has 1 aromatic carbocycles. The number of ether oxygens (including phenoxy) is 2. The van der Waals surface area contributed by atoms with Gasteiger partial charge in [0.25, 0.3) is 0 Å². The molecule has 0 bridgehead atoms. The Bertz CT molecular complexity index is 646. The van der Waals surface area contributed by atoms with E-state index in [1.165, 1.54) is 25.7 Å². The summed E-state index contributed by atoms with van der Waals surface area (Å²) in [6.07, 6.45) is 6.84. The Morgan fingerprint density at radius 2 is 1.44 bits per heavy atom. The Morgan fingerprint density at radius 3 is 1.77 bits per heavy atom. The Labute approximate surface area is 236 Å². The normalized spacial score (nSPS) is 9.05. The second-order valence-corrected chi connectivity index (χ2v) is 7.70. The molecule has 0 saturated carbocycles. The summed E-state index contributed by atoms with van der Waals surface area (Å²) in [7, 11) is 1.73. The molecular formula is C28H56N4O7. The Morgan fingerprint density at radius 1 is 0.872 bits per heavy atom. The molecule has 3 amide bonds. The topological polar surface area (TPSA) is 186 Å². The highest BCUT2D eigenvalue weighted by molar-refractivity contribution is 5.94. The number of hydrogen-bond donors (Lipinski definition) is 6. The molecule has 1 rings (SSSR count). The lowest BCUT2D eigenvalue weighted by molar-refractivity contribution is -0.130. The minimum absolute atomic E-state index is 0.0738. The predicted octanol–water partition coefficient (Wildman–Crippen LogP) is 2.72. The first kappa shape index (κ1) is 43.5. The van der Waals surface area contributed by atoms with Gasteiger partial charge in [-0.2, -0.15) is 0 Å². The number of anilines is 1. The van der Waals surface area contributed by atoms with Gasteiger partial charge in [0.1, 0.15) is 13.2 Å². The first-order valence-corrected chi connectivity index (χ1v) is 13.7. The zero-order chi connectivity index (χ0) is 30.7. The second-order valence-electron chi connectivity index (χ2n) is 7.70. The number of unbranched alkanes of at least 4 members (excludes halogenated alkanes) is 3. The average molecular weight is 561 g/mol. The van der Waals surface area contributed by atoms with Crippen molar-refractivity contribution in [2.24, 2.45) is 11.5 Å². The maximum absolute atomic E-state index is 11.6. The van der Waals surface area contributed by atoms with E-state index in [1.807, 2.05) is 13.8 Å². The third kappa shape index (κ3) is 40.1. The van der Waals surface area contributed by atoms with Crippen LogP contribution < -0.4 is 22.1 Å². The monoisotopic (exact) mass is 560 g/mol. The molecule has 0 atom stereocenters. The molecule has 230 valence electrons. The zero-order valence-electron chi connectivity index (χ0n) is 25.1. The number of nitrogens with two attached hydrogens (primary N) is 2. The number of carbonyl (C=O) groups excluding carboxylic acids is 3. The number of rotatable bonds is 15. The molecule has 0 aromatic heterocycles. The average Bonchev–Trinajstić information content (AvgIpc) is 2.94. The van der Waals surface area contributed by atoms with Crippen LogP contribution in [0.15, 0.2) is 24.3 Å². The summed E-state index contributed by atoms with van der Waals surface area (Å²) in [6, 6.07) is 6.63. The van der Waals surface area contributed by atoms with Crippen LogP contribution in [0.1, 0.15) is 78.7 Å². The molecular weight excluding hydrogens is 504 g/mol. The van der Waals surface area contributed by atoms with E-state index in [1.54, 1.807) is 31.4 Å². The van der Waals surface area contributed by atoms with Gasteiger partial charge in [0.2, 0.25) is 17.7 Å². The number of amides is 3. The first-order chi connectivity index (χ1) is 18.7. The lowest BCUT2D eigenvalue weighted by Gasteiger charge is -2.07. The largest absolute Gasteiger partial charge is 0.396 e. The standard InChI is InChI=1S/C13H17N3O5.C5H12O.C4H11N.C4H10O.C2H6/c14-11(18)7-21-8-13(20)15-5-12(19)16-10-3-1-9(6-17)2-4-10;1-3-4-5-6-2;2*1-2-3-4-5;1-2/h1-4,17H,5-8H2,(H2,14,18)(H,15,20)(H,16,19);3-5H2,1-2H3;2-5H2,1H3;5H,2-4H2,1H3;1-2H3. The Balaban J connectivity index is -0.000000277. The molecule has 0 aliphatic heterocycles. The minimum atomic E-state index is -0.674. The molecule has 1 aromatic rings. The van der Waals surface area contributed by atoms with E-state index in [-0.39, 0.29) is 26.4 Å². The second kappa shape index (κ2) is 37.6. The van der Waals surface area contributed by atoms with Crippen molar-refractivity contribution in [3.05, 3.63) is 29.8 Å². The van der Waals surface area contributed by atoms with Crippen molar-refractivity contribution in [2.45, 2.75) is 79.8 Å². The molecule has 0 aliphatic carbocycles. The van der Waals surface area contributed by atoms with Crippen LogP contribution in [0.4, 0.5) is 5.69 Å². The van der Waals surface area contributed by atoms with Crippen LogP contribution in [0.2, 0.25) is 0 Å². The summed E-state index contributed by atoms with van der Waals surface area (Å²) in [5, 5.41) is 21.9. The number of aliphatic hydroxyl groups is 2. The lowest BCUT2D eigenvalue weighted by Crippen LogP contribution is -2.35. The van der Waals surface area contributed by atoms with Gasteiger partial charge in [-0.15, -0.1) is 0 Å². The van der Waals surface area contributed by atoms with E-state index >= 15 is 0 Å². The third-order valence-electron chi connectivity index (χ3n) is 4.12. The van der Waals surface area contributed by atoms with E-state index in [9.17, 15) is 14.4 Å². The fourth-order valence-electron chi connectivity index (χ4n) is 2.02. The molecule has 39 heavy (non-hydrogen) atoms. The van der Waals surface area contributed by atoms with Crippen molar-refractivity contribution in [3.8, 4) is 0 Å². The number of methoxy groups -OCH3 is 1. The maximum Gasteiger partial charge on any atom is 0.246 e. The highest BCUT2D eigenvalue weighted by atomic mass is 16.5. The van der Waals surface area contributed by atoms with Crippen molar-refractivity contribution >= 4 is 23.4 Å². The summed E-state index contributed by atoms with van der Waals surface area (Å²) in [5.41, 5.74) is 11.3. The van der Waals surface area contributed by atoms with Gasteiger partial charge in [-0.3, -0.25) is 14.4 Å². The summed E-state index contributed by atoms with van der Waals surface area (Å²) in [4.78, 5) is 33.2. The van der Waals surface area contributed by atoms with Crippen molar-refractivity contribution in [1.82, 2.24) is 5.32 Å². The van der Waals surface area contributed by atoms with Gasteiger partial charge >= 0.3 is 0 Å². The van der Waals surface area contributed by atoms with E-state index in [0.29, 0.717) is 12.3 Å². The number of primary amides is 1. The first-order valence-electron chi connectivity index (χ1n) is 13.7. The van der Waals surface area contributed by atoms with Crippen molar-refractivity contribution in [2.75, 3.05) is 51.9 Å². The molecule has 0 aliphatic rings. The highest BCUT2D eigenvalue weighted by Gasteiger charge is 2.07. The van der Waals surface area contributed by atoms with Crippen molar-refractivity contribution in [3.63, 3.8) is 0 Å². The van der Waals surface area contributed by atoms with E-state index in [4.69, 9.17) is 31.2 Å². The van der Waals surface area contributed by atoms with Gasteiger partial charge < -0.3 is 41.8 Å². The highest BCUT2D eigenvalue weighted by Crippen LogP contribution is 2.08. The molecule has 0 radical (unpaired) electrons. The lowest BCUT2D eigenvalue weighted by atomic mass is 10.2. The number of carbonyl (C=O) groups is 3. The van der Waals surface area contributed by atoms with Gasteiger partial charge in [0.15, 0.2) is 0 Å². The van der Waals surface area contributed by atoms with Gasteiger partial charge in [0, 0.05) is 26.0 Å². The smallest absolute Gasteiger partial charge is 0.246 e. The molecule has 11 heteroatoms. The van der Waals surface area contributed by atoms with Crippen LogP contribution in [0.25, 0.3) is 0 Å². The summed E-state index contributed by atoms with van der Waals surface area (Å²) in [5.74, 6) is -1.61. The number of nitrogens with one attached hydrogen (secondary N) is 2. The van der Waals surface area contributed by atoms with Gasteiger partial charge in [-0.05, 0) is 43.5 Å². The van der Waals surface area contributed by atoms with Crippen molar-refractivity contribution < 1.29 is 34.1 Å². The summed E-state index contributed by atoms with van der Waals surface area (Å²) >= 11 is 0. The zero-order valence-corrected chi connectivity index (χ0v) is 25.1. The third-order valence-corrected chi connectivity index (χ3v) is 4.12. The van der Waals surface area contributed by atoms with Gasteiger partial charge in [-0.1, -0.05) is 66.0 Å². The molecule has 0 heterocycles. The van der Waals surface area contributed by atoms with Crippen LogP contribution in [0.5, 0.6) is 0 Å². The van der Waals surface area contributed by atoms with Crippen LogP contribution in [-0.4, -0.2) is 74.6 Å².